The van der Waals surface area contributed by atoms with Crippen LogP contribution in [0.5, 0.6) is 0 Å². The van der Waals surface area contributed by atoms with Gasteiger partial charge in [0.1, 0.15) is 11.5 Å². The minimum absolute atomic E-state index is 0.242. The number of likely N-dealkylation sites (tertiary alicyclic amines) is 1. The maximum Gasteiger partial charge on any atom is 0.222 e. The average Bonchev–Trinajstić information content (AvgIpc) is 3.33. The molecular formula is C23H34N4O2. The lowest BCUT2D eigenvalue weighted by Gasteiger charge is -2.33. The van der Waals surface area contributed by atoms with Crippen LogP contribution in [0, 0.1) is 12.8 Å². The third-order valence-corrected chi connectivity index (χ3v) is 6.56. The lowest BCUT2D eigenvalue weighted by atomic mass is 9.94. The third-order valence-electron chi connectivity index (χ3n) is 6.56. The second-order valence-corrected chi connectivity index (χ2v) is 8.84. The summed E-state index contributed by atoms with van der Waals surface area (Å²) in [5.41, 5.74) is 3.79. The minimum atomic E-state index is 0.242. The van der Waals surface area contributed by atoms with Gasteiger partial charge in [-0.3, -0.25) is 14.8 Å². The summed E-state index contributed by atoms with van der Waals surface area (Å²) in [6, 6.07) is 4.10. The van der Waals surface area contributed by atoms with E-state index >= 15 is 0 Å². The van der Waals surface area contributed by atoms with Gasteiger partial charge in [0.2, 0.25) is 5.91 Å². The van der Waals surface area contributed by atoms with Gasteiger partial charge in [0.15, 0.2) is 0 Å². The van der Waals surface area contributed by atoms with E-state index in [-0.39, 0.29) is 5.91 Å². The largest absolute Gasteiger partial charge is 0.465 e. The molecule has 1 aliphatic heterocycles. The van der Waals surface area contributed by atoms with E-state index in [1.807, 2.05) is 24.9 Å². The molecule has 158 valence electrons. The minimum Gasteiger partial charge on any atom is -0.465 e. The Kier molecular flexibility index (Phi) is 6.38. The molecular weight excluding hydrogens is 364 g/mol. The molecule has 0 saturated carbocycles. The molecule has 6 heteroatoms. The van der Waals surface area contributed by atoms with Crippen LogP contribution < -0.4 is 0 Å². The van der Waals surface area contributed by atoms with Crippen LogP contribution in [0.3, 0.4) is 0 Å². The van der Waals surface area contributed by atoms with Crippen molar-refractivity contribution in [3.8, 4) is 0 Å². The number of hydrogen-bond donors (Lipinski definition) is 1. The molecule has 1 N–H and O–H groups in total. The fourth-order valence-corrected chi connectivity index (χ4v) is 4.78. The van der Waals surface area contributed by atoms with E-state index in [9.17, 15) is 4.79 Å². The molecule has 1 amide bonds. The van der Waals surface area contributed by atoms with Gasteiger partial charge >= 0.3 is 0 Å². The molecule has 3 heterocycles. The number of fused-ring (bicyclic) bond motifs is 1. The first-order valence-electron chi connectivity index (χ1n) is 11.1. The Morgan fingerprint density at radius 1 is 1.28 bits per heavy atom. The Labute approximate surface area is 173 Å². The Balaban J connectivity index is 1.19. The van der Waals surface area contributed by atoms with Gasteiger partial charge in [-0.05, 0) is 82.2 Å². The van der Waals surface area contributed by atoms with E-state index in [1.54, 1.807) is 0 Å². The van der Waals surface area contributed by atoms with E-state index in [0.717, 1.165) is 75.5 Å². The summed E-state index contributed by atoms with van der Waals surface area (Å²) in [5.74, 6) is 2.86. The summed E-state index contributed by atoms with van der Waals surface area (Å²) in [6.07, 6.45) is 8.31. The standard InChI is InChI=1S/C23H34N4O2/c1-17-7-8-19(29-17)16-27-13-11-18(12-14-27)15-26(2)23(28)10-9-22-20-5-3-4-6-21(20)24-25-22/h7-8,18H,3-6,9-16H2,1-2H3,(H,24,25). The number of amides is 1. The van der Waals surface area contributed by atoms with Crippen molar-refractivity contribution in [2.75, 3.05) is 26.7 Å². The summed E-state index contributed by atoms with van der Waals surface area (Å²) < 4.78 is 5.70. The van der Waals surface area contributed by atoms with Crippen LogP contribution >= 0.6 is 0 Å². The normalized spacial score (nSPS) is 18.0. The smallest absolute Gasteiger partial charge is 0.222 e. The highest BCUT2D eigenvalue weighted by molar-refractivity contribution is 5.76. The van der Waals surface area contributed by atoms with Gasteiger partial charge in [-0.15, -0.1) is 0 Å². The molecule has 0 aromatic carbocycles. The maximum absolute atomic E-state index is 12.7. The van der Waals surface area contributed by atoms with Crippen LogP contribution in [0.1, 0.15) is 60.6 Å². The van der Waals surface area contributed by atoms with Crippen molar-refractivity contribution < 1.29 is 9.21 Å². The van der Waals surface area contributed by atoms with Gasteiger partial charge < -0.3 is 9.32 Å². The SMILES string of the molecule is Cc1ccc(CN2CCC(CN(C)C(=O)CCc3n[nH]c4c3CCCC4)CC2)o1. The number of nitrogens with zero attached hydrogens (tertiary/aromatic N) is 3. The molecule has 4 rings (SSSR count). The van der Waals surface area contributed by atoms with Crippen molar-refractivity contribution in [1.29, 1.82) is 0 Å². The molecule has 1 fully saturated rings. The molecule has 2 aliphatic rings. The van der Waals surface area contributed by atoms with Gasteiger partial charge in [-0.1, -0.05) is 0 Å². The van der Waals surface area contributed by atoms with Crippen LogP contribution in [0.25, 0.3) is 0 Å². The Hall–Kier alpha value is -2.08. The predicted molar refractivity (Wildman–Crippen MR) is 113 cm³/mol. The van der Waals surface area contributed by atoms with E-state index in [1.165, 1.54) is 24.1 Å². The van der Waals surface area contributed by atoms with Crippen molar-refractivity contribution in [2.45, 2.75) is 64.8 Å². The number of aromatic amines is 1. The third kappa shape index (κ3) is 5.10. The molecule has 1 saturated heterocycles. The molecule has 29 heavy (non-hydrogen) atoms. The number of rotatable bonds is 7. The number of furan rings is 1. The van der Waals surface area contributed by atoms with E-state index in [4.69, 9.17) is 4.42 Å². The fourth-order valence-electron chi connectivity index (χ4n) is 4.78. The van der Waals surface area contributed by atoms with Crippen LogP contribution in [-0.2, 0) is 30.6 Å². The Bertz CT molecular complexity index is 817. The first-order chi connectivity index (χ1) is 14.1. The number of nitrogens with one attached hydrogen (secondary N) is 1. The van der Waals surface area contributed by atoms with Crippen LogP contribution in [0.2, 0.25) is 0 Å². The van der Waals surface area contributed by atoms with Crippen molar-refractivity contribution >= 4 is 5.91 Å². The first-order valence-corrected chi connectivity index (χ1v) is 11.1. The monoisotopic (exact) mass is 398 g/mol. The van der Waals surface area contributed by atoms with Crippen LogP contribution in [0.15, 0.2) is 16.5 Å². The number of carbonyl (C=O) groups is 1. The number of aryl methyl sites for hydroxylation is 3. The molecule has 0 unspecified atom stereocenters. The number of carbonyl (C=O) groups excluding carboxylic acids is 1. The molecule has 2 aromatic heterocycles. The van der Waals surface area contributed by atoms with Crippen molar-refractivity contribution in [1.82, 2.24) is 20.0 Å². The first kappa shape index (κ1) is 20.2. The summed E-state index contributed by atoms with van der Waals surface area (Å²) in [5, 5.41) is 7.66. The molecule has 0 bridgehead atoms. The molecule has 6 nitrogen and oxygen atoms in total. The zero-order chi connectivity index (χ0) is 20.2. The van der Waals surface area contributed by atoms with Crippen molar-refractivity contribution in [3.63, 3.8) is 0 Å². The fraction of sp³-hybridized carbons (Fsp3) is 0.652. The summed E-state index contributed by atoms with van der Waals surface area (Å²) in [7, 11) is 1.96. The second-order valence-electron chi connectivity index (χ2n) is 8.84. The average molecular weight is 399 g/mol. The Morgan fingerprint density at radius 3 is 2.83 bits per heavy atom. The summed E-state index contributed by atoms with van der Waals surface area (Å²) in [4.78, 5) is 17.0. The summed E-state index contributed by atoms with van der Waals surface area (Å²) >= 11 is 0. The molecule has 0 spiro atoms. The van der Waals surface area contributed by atoms with Crippen molar-refractivity contribution in [3.05, 3.63) is 40.6 Å². The highest BCUT2D eigenvalue weighted by atomic mass is 16.3. The van der Waals surface area contributed by atoms with Gasteiger partial charge in [-0.2, -0.15) is 5.10 Å². The Morgan fingerprint density at radius 2 is 2.07 bits per heavy atom. The van der Waals surface area contributed by atoms with Gasteiger partial charge in [0.05, 0.1) is 12.2 Å². The van der Waals surface area contributed by atoms with E-state index in [2.05, 4.69) is 21.2 Å². The topological polar surface area (TPSA) is 65.4 Å². The lowest BCUT2D eigenvalue weighted by Crippen LogP contribution is -2.39. The number of H-pyrrole nitrogens is 1. The molecule has 0 atom stereocenters. The molecule has 2 aromatic rings. The highest BCUT2D eigenvalue weighted by Gasteiger charge is 2.23. The maximum atomic E-state index is 12.7. The number of hydrogen-bond acceptors (Lipinski definition) is 4. The second kappa shape index (κ2) is 9.16. The molecule has 0 radical (unpaired) electrons. The quantitative estimate of drug-likeness (QED) is 0.775. The zero-order valence-electron chi connectivity index (χ0n) is 17.9. The van der Waals surface area contributed by atoms with Crippen LogP contribution in [0.4, 0.5) is 0 Å². The number of aromatic nitrogens is 2. The van der Waals surface area contributed by atoms with Crippen molar-refractivity contribution in [2.24, 2.45) is 5.92 Å². The van der Waals surface area contributed by atoms with Gasteiger partial charge in [0.25, 0.3) is 0 Å². The molecule has 1 aliphatic carbocycles. The zero-order valence-corrected chi connectivity index (χ0v) is 17.9. The van der Waals surface area contributed by atoms with E-state index in [0.29, 0.717) is 12.3 Å². The highest BCUT2D eigenvalue weighted by Crippen LogP contribution is 2.24. The van der Waals surface area contributed by atoms with Crippen LogP contribution in [-0.4, -0.2) is 52.6 Å². The van der Waals surface area contributed by atoms with Gasteiger partial charge in [-0.25, -0.2) is 0 Å². The summed E-state index contributed by atoms with van der Waals surface area (Å²) in [6.45, 7) is 5.90. The van der Waals surface area contributed by atoms with E-state index < -0.39 is 0 Å². The number of piperidine rings is 1. The lowest BCUT2D eigenvalue weighted by molar-refractivity contribution is -0.130. The predicted octanol–water partition coefficient (Wildman–Crippen LogP) is 3.49. The van der Waals surface area contributed by atoms with Gasteiger partial charge in [0, 0.05) is 32.1 Å².